The first kappa shape index (κ1) is 15.1. The Morgan fingerprint density at radius 1 is 1.43 bits per heavy atom. The average molecular weight is 287 g/mol. The van der Waals surface area contributed by atoms with Crippen molar-refractivity contribution in [1.29, 1.82) is 0 Å². The number of hydrogen-bond acceptors (Lipinski definition) is 4. The van der Waals surface area contributed by atoms with Crippen molar-refractivity contribution in [2.24, 2.45) is 0 Å². The fourth-order valence-electron chi connectivity index (χ4n) is 1.93. The number of carbonyl (C=O) groups excluding carboxylic acids is 1. The maximum atomic E-state index is 11.7. The van der Waals surface area contributed by atoms with Crippen LogP contribution in [0.5, 0.6) is 0 Å². The molecule has 1 N–H and O–H groups in total. The predicted octanol–water partition coefficient (Wildman–Crippen LogP) is 3.25. The van der Waals surface area contributed by atoms with Gasteiger partial charge in [-0.2, -0.15) is 5.10 Å². The van der Waals surface area contributed by atoms with Crippen LogP contribution >= 0.6 is 0 Å². The SMILES string of the molecule is CCOC(=O)c1cccc(NCc2cnn(C(C)C)c2)c1. The van der Waals surface area contributed by atoms with Crippen LogP contribution in [0, 0.1) is 0 Å². The number of hydrogen-bond donors (Lipinski definition) is 1. The lowest BCUT2D eigenvalue weighted by molar-refractivity contribution is 0.0526. The van der Waals surface area contributed by atoms with E-state index >= 15 is 0 Å². The second-order valence-corrected chi connectivity index (χ2v) is 5.08. The van der Waals surface area contributed by atoms with Crippen LogP contribution in [0.25, 0.3) is 0 Å². The molecule has 0 radical (unpaired) electrons. The minimum atomic E-state index is -0.297. The van der Waals surface area contributed by atoms with Gasteiger partial charge < -0.3 is 10.1 Å². The van der Waals surface area contributed by atoms with Gasteiger partial charge in [0.2, 0.25) is 0 Å². The minimum Gasteiger partial charge on any atom is -0.462 e. The van der Waals surface area contributed by atoms with Crippen LogP contribution < -0.4 is 5.32 Å². The molecule has 21 heavy (non-hydrogen) atoms. The number of benzene rings is 1. The average Bonchev–Trinajstić information content (AvgIpc) is 2.95. The van der Waals surface area contributed by atoms with Gasteiger partial charge >= 0.3 is 5.97 Å². The van der Waals surface area contributed by atoms with Crippen molar-refractivity contribution in [3.8, 4) is 0 Å². The van der Waals surface area contributed by atoms with Gasteiger partial charge in [0.05, 0.1) is 18.4 Å². The highest BCUT2D eigenvalue weighted by molar-refractivity contribution is 5.90. The summed E-state index contributed by atoms with van der Waals surface area (Å²) >= 11 is 0. The van der Waals surface area contributed by atoms with Crippen molar-refractivity contribution in [3.05, 3.63) is 47.8 Å². The van der Waals surface area contributed by atoms with Crippen molar-refractivity contribution >= 4 is 11.7 Å². The highest BCUT2D eigenvalue weighted by atomic mass is 16.5. The Balaban J connectivity index is 1.99. The van der Waals surface area contributed by atoms with Crippen molar-refractivity contribution < 1.29 is 9.53 Å². The molecule has 1 aromatic carbocycles. The van der Waals surface area contributed by atoms with Gasteiger partial charge in [0.1, 0.15) is 0 Å². The Kier molecular flexibility index (Phi) is 4.98. The molecule has 2 aromatic rings. The Bertz CT molecular complexity index is 605. The van der Waals surface area contributed by atoms with Crippen LogP contribution in [0.4, 0.5) is 5.69 Å². The maximum absolute atomic E-state index is 11.7. The molecule has 5 heteroatoms. The standard InChI is InChI=1S/C16H21N3O2/c1-4-21-16(20)14-6-5-7-15(8-14)17-9-13-10-18-19(11-13)12(2)3/h5-8,10-12,17H,4,9H2,1-3H3. The number of ether oxygens (including phenoxy) is 1. The van der Waals surface area contributed by atoms with E-state index in [2.05, 4.69) is 24.3 Å². The zero-order valence-corrected chi connectivity index (χ0v) is 12.7. The van der Waals surface area contributed by atoms with Crippen LogP contribution in [0.2, 0.25) is 0 Å². The van der Waals surface area contributed by atoms with E-state index in [9.17, 15) is 4.79 Å². The van der Waals surface area contributed by atoms with Gasteiger partial charge in [-0.1, -0.05) is 6.07 Å². The molecule has 0 aliphatic rings. The zero-order chi connectivity index (χ0) is 15.2. The molecule has 0 fully saturated rings. The number of aromatic nitrogens is 2. The van der Waals surface area contributed by atoms with E-state index in [1.54, 1.807) is 19.1 Å². The smallest absolute Gasteiger partial charge is 0.338 e. The van der Waals surface area contributed by atoms with Crippen LogP contribution in [-0.4, -0.2) is 22.4 Å². The lowest BCUT2D eigenvalue weighted by Crippen LogP contribution is -2.06. The lowest BCUT2D eigenvalue weighted by Gasteiger charge is -2.07. The molecule has 112 valence electrons. The monoisotopic (exact) mass is 287 g/mol. The van der Waals surface area contributed by atoms with Gasteiger partial charge in [-0.05, 0) is 39.0 Å². The molecule has 0 amide bonds. The Hall–Kier alpha value is -2.30. The third kappa shape index (κ3) is 4.08. The van der Waals surface area contributed by atoms with Crippen LogP contribution in [0.1, 0.15) is 42.7 Å². The first-order valence-corrected chi connectivity index (χ1v) is 7.14. The van der Waals surface area contributed by atoms with Crippen LogP contribution in [0.3, 0.4) is 0 Å². The molecular weight excluding hydrogens is 266 g/mol. The molecular formula is C16H21N3O2. The number of nitrogens with one attached hydrogen (secondary N) is 1. The van der Waals surface area contributed by atoms with Crippen molar-refractivity contribution in [1.82, 2.24) is 9.78 Å². The van der Waals surface area contributed by atoms with Gasteiger partial charge in [-0.25, -0.2) is 4.79 Å². The summed E-state index contributed by atoms with van der Waals surface area (Å²) in [5.74, 6) is -0.297. The highest BCUT2D eigenvalue weighted by Gasteiger charge is 2.07. The predicted molar refractivity (Wildman–Crippen MR) is 82.3 cm³/mol. The molecule has 2 rings (SSSR count). The Labute approximate surface area is 124 Å². The first-order valence-electron chi connectivity index (χ1n) is 7.14. The fourth-order valence-corrected chi connectivity index (χ4v) is 1.93. The Morgan fingerprint density at radius 3 is 2.90 bits per heavy atom. The summed E-state index contributed by atoms with van der Waals surface area (Å²) in [7, 11) is 0. The molecule has 0 saturated heterocycles. The molecule has 1 aromatic heterocycles. The normalized spacial score (nSPS) is 10.7. The molecule has 5 nitrogen and oxygen atoms in total. The first-order chi connectivity index (χ1) is 10.1. The molecule has 0 unspecified atom stereocenters. The second kappa shape index (κ2) is 6.92. The van der Waals surface area contributed by atoms with E-state index in [0.29, 0.717) is 24.8 Å². The molecule has 0 spiro atoms. The lowest BCUT2D eigenvalue weighted by atomic mass is 10.2. The molecule has 0 aliphatic heterocycles. The number of rotatable bonds is 6. The topological polar surface area (TPSA) is 56.1 Å². The Morgan fingerprint density at radius 2 is 2.24 bits per heavy atom. The fraction of sp³-hybridized carbons (Fsp3) is 0.375. The van der Waals surface area contributed by atoms with Crippen molar-refractivity contribution in [2.75, 3.05) is 11.9 Å². The maximum Gasteiger partial charge on any atom is 0.338 e. The number of esters is 1. The van der Waals surface area contributed by atoms with Crippen LogP contribution in [0.15, 0.2) is 36.7 Å². The third-order valence-corrected chi connectivity index (χ3v) is 3.05. The summed E-state index contributed by atoms with van der Waals surface area (Å²) in [6.07, 6.45) is 3.87. The van der Waals surface area contributed by atoms with Gasteiger partial charge in [0.25, 0.3) is 0 Å². The van der Waals surface area contributed by atoms with Crippen molar-refractivity contribution in [3.63, 3.8) is 0 Å². The quantitative estimate of drug-likeness (QED) is 0.829. The van der Waals surface area contributed by atoms with E-state index in [0.717, 1.165) is 11.3 Å². The van der Waals surface area contributed by atoms with Gasteiger partial charge in [-0.15, -0.1) is 0 Å². The van der Waals surface area contributed by atoms with Crippen molar-refractivity contribution in [2.45, 2.75) is 33.4 Å². The molecule has 1 heterocycles. The zero-order valence-electron chi connectivity index (χ0n) is 12.7. The van der Waals surface area contributed by atoms with E-state index in [4.69, 9.17) is 4.74 Å². The number of carbonyl (C=O) groups is 1. The summed E-state index contributed by atoms with van der Waals surface area (Å²) in [5.41, 5.74) is 2.54. The molecule has 0 bridgehead atoms. The molecule has 0 aliphatic carbocycles. The number of anilines is 1. The van der Waals surface area contributed by atoms with Gasteiger partial charge in [-0.3, -0.25) is 4.68 Å². The van der Waals surface area contributed by atoms with Gasteiger partial charge in [0.15, 0.2) is 0 Å². The van der Waals surface area contributed by atoms with E-state index in [1.165, 1.54) is 0 Å². The van der Waals surface area contributed by atoms with E-state index in [1.807, 2.05) is 29.2 Å². The molecule has 0 atom stereocenters. The summed E-state index contributed by atoms with van der Waals surface area (Å²) in [6.45, 7) is 7.02. The molecule has 0 saturated carbocycles. The van der Waals surface area contributed by atoms with E-state index < -0.39 is 0 Å². The summed E-state index contributed by atoms with van der Waals surface area (Å²) < 4.78 is 6.92. The third-order valence-electron chi connectivity index (χ3n) is 3.05. The van der Waals surface area contributed by atoms with Crippen LogP contribution in [-0.2, 0) is 11.3 Å². The van der Waals surface area contributed by atoms with Gasteiger partial charge in [0, 0.05) is 30.0 Å². The second-order valence-electron chi connectivity index (χ2n) is 5.08. The summed E-state index contributed by atoms with van der Waals surface area (Å²) in [6, 6.07) is 7.66. The minimum absolute atomic E-state index is 0.297. The summed E-state index contributed by atoms with van der Waals surface area (Å²) in [4.78, 5) is 11.7. The van der Waals surface area contributed by atoms with E-state index in [-0.39, 0.29) is 5.97 Å². The largest absolute Gasteiger partial charge is 0.462 e. The summed E-state index contributed by atoms with van der Waals surface area (Å²) in [5, 5.41) is 7.59. The number of nitrogens with zero attached hydrogens (tertiary/aromatic N) is 2. The highest BCUT2D eigenvalue weighted by Crippen LogP contribution is 2.13.